The lowest BCUT2D eigenvalue weighted by molar-refractivity contribution is -0.349. The molecule has 0 aromatic rings. The summed E-state index contributed by atoms with van der Waals surface area (Å²) in [5.41, 5.74) is 0. The van der Waals surface area contributed by atoms with Crippen molar-refractivity contribution in [3.8, 4) is 0 Å². The van der Waals surface area contributed by atoms with Gasteiger partial charge >= 0.3 is 12.0 Å². The zero-order valence-corrected chi connectivity index (χ0v) is 12.0. The van der Waals surface area contributed by atoms with E-state index in [1.807, 2.05) is 0 Å². The van der Waals surface area contributed by atoms with Gasteiger partial charge in [0.25, 0.3) is 0 Å². The third-order valence-corrected chi connectivity index (χ3v) is 3.05. The molecule has 0 rings (SSSR count). The standard InChI is InChI=1S/C14H26F4O/c1-3-5-7-8-9-10-12-19-14(17,18)13(15,16)11-6-4-2/h3-12H2,1-2H3. The van der Waals surface area contributed by atoms with Crippen molar-refractivity contribution in [2.24, 2.45) is 0 Å². The highest BCUT2D eigenvalue weighted by Crippen LogP contribution is 2.39. The van der Waals surface area contributed by atoms with E-state index >= 15 is 0 Å². The minimum absolute atomic E-state index is 0.0724. The van der Waals surface area contributed by atoms with Crippen molar-refractivity contribution >= 4 is 0 Å². The molecular weight excluding hydrogens is 260 g/mol. The molecule has 0 aliphatic rings. The Labute approximate surface area is 113 Å². The van der Waals surface area contributed by atoms with E-state index in [1.165, 1.54) is 0 Å². The summed E-state index contributed by atoms with van der Waals surface area (Å²) in [7, 11) is 0. The van der Waals surface area contributed by atoms with Gasteiger partial charge in [-0.15, -0.1) is 0 Å². The summed E-state index contributed by atoms with van der Waals surface area (Å²) in [5.74, 6) is -4.06. The predicted molar refractivity (Wildman–Crippen MR) is 68.7 cm³/mol. The Morgan fingerprint density at radius 1 is 0.737 bits per heavy atom. The van der Waals surface area contributed by atoms with Gasteiger partial charge < -0.3 is 4.74 Å². The fourth-order valence-electron chi connectivity index (χ4n) is 1.73. The van der Waals surface area contributed by atoms with Gasteiger partial charge in [0.1, 0.15) is 0 Å². The molecule has 0 aromatic heterocycles. The molecule has 0 spiro atoms. The quantitative estimate of drug-likeness (QED) is 0.326. The van der Waals surface area contributed by atoms with Gasteiger partial charge in [0.15, 0.2) is 0 Å². The molecule has 0 radical (unpaired) electrons. The van der Waals surface area contributed by atoms with Crippen molar-refractivity contribution < 1.29 is 22.3 Å². The van der Waals surface area contributed by atoms with Crippen LogP contribution in [0, 0.1) is 0 Å². The van der Waals surface area contributed by atoms with E-state index in [9.17, 15) is 17.6 Å². The van der Waals surface area contributed by atoms with Gasteiger partial charge in [-0.25, -0.2) is 0 Å². The second-order valence-corrected chi connectivity index (χ2v) is 4.94. The minimum Gasteiger partial charge on any atom is -0.316 e. The molecule has 0 amide bonds. The Bertz CT molecular complexity index is 219. The molecule has 0 aliphatic carbocycles. The molecule has 19 heavy (non-hydrogen) atoms. The lowest BCUT2D eigenvalue weighted by Gasteiger charge is -2.26. The summed E-state index contributed by atoms with van der Waals surface area (Å²) in [5, 5.41) is 0. The minimum atomic E-state index is -4.34. The maximum atomic E-state index is 13.2. The highest BCUT2D eigenvalue weighted by molar-refractivity contribution is 4.76. The number of rotatable bonds is 12. The summed E-state index contributed by atoms with van der Waals surface area (Å²) in [4.78, 5) is 0. The molecule has 0 unspecified atom stereocenters. The molecule has 116 valence electrons. The van der Waals surface area contributed by atoms with Gasteiger partial charge in [0, 0.05) is 6.42 Å². The topological polar surface area (TPSA) is 9.23 Å². The van der Waals surface area contributed by atoms with E-state index in [2.05, 4.69) is 11.7 Å². The first kappa shape index (κ1) is 18.7. The van der Waals surface area contributed by atoms with Crippen LogP contribution in [0.2, 0.25) is 0 Å². The van der Waals surface area contributed by atoms with E-state index in [4.69, 9.17) is 0 Å². The molecule has 0 N–H and O–H groups in total. The van der Waals surface area contributed by atoms with Crippen molar-refractivity contribution in [2.45, 2.75) is 83.7 Å². The molecular formula is C14H26F4O. The van der Waals surface area contributed by atoms with Crippen molar-refractivity contribution in [1.29, 1.82) is 0 Å². The predicted octanol–water partition coefficient (Wildman–Crippen LogP) is 5.78. The van der Waals surface area contributed by atoms with E-state index in [-0.39, 0.29) is 13.0 Å². The van der Waals surface area contributed by atoms with E-state index in [0.717, 1.165) is 32.1 Å². The van der Waals surface area contributed by atoms with Crippen LogP contribution in [0.25, 0.3) is 0 Å². The number of unbranched alkanes of at least 4 members (excludes halogenated alkanes) is 6. The maximum absolute atomic E-state index is 13.2. The Balaban J connectivity index is 3.82. The second kappa shape index (κ2) is 9.56. The Morgan fingerprint density at radius 3 is 1.84 bits per heavy atom. The monoisotopic (exact) mass is 286 g/mol. The molecule has 0 aliphatic heterocycles. The lowest BCUT2D eigenvalue weighted by Crippen LogP contribution is -2.43. The summed E-state index contributed by atoms with van der Waals surface area (Å²) in [6.45, 7) is 3.47. The lowest BCUT2D eigenvalue weighted by atomic mass is 10.1. The van der Waals surface area contributed by atoms with Crippen molar-refractivity contribution in [3.63, 3.8) is 0 Å². The van der Waals surface area contributed by atoms with E-state index in [1.54, 1.807) is 6.92 Å². The molecule has 5 heteroatoms. The summed E-state index contributed by atoms with van der Waals surface area (Å²) in [6.07, 6.45) is 0.739. The number of hydrogen-bond donors (Lipinski definition) is 0. The molecule has 0 saturated carbocycles. The number of alkyl halides is 4. The zero-order chi connectivity index (χ0) is 14.8. The van der Waals surface area contributed by atoms with Crippen LogP contribution in [0.15, 0.2) is 0 Å². The molecule has 0 heterocycles. The van der Waals surface area contributed by atoms with Crippen LogP contribution < -0.4 is 0 Å². The fraction of sp³-hybridized carbons (Fsp3) is 1.00. The Hall–Kier alpha value is -0.320. The summed E-state index contributed by atoms with van der Waals surface area (Å²) < 4.78 is 56.9. The molecule has 0 bridgehead atoms. The first-order valence-electron chi connectivity index (χ1n) is 7.27. The number of halogens is 4. The third kappa shape index (κ3) is 7.75. The normalized spacial score (nSPS) is 12.9. The largest absolute Gasteiger partial charge is 0.419 e. The molecule has 0 saturated heterocycles. The van der Waals surface area contributed by atoms with Crippen LogP contribution in [0.4, 0.5) is 17.6 Å². The van der Waals surface area contributed by atoms with Crippen LogP contribution in [0.3, 0.4) is 0 Å². The van der Waals surface area contributed by atoms with Crippen LogP contribution in [-0.4, -0.2) is 18.6 Å². The number of ether oxygens (including phenoxy) is 1. The Morgan fingerprint density at radius 2 is 1.26 bits per heavy atom. The SMILES string of the molecule is CCCCCCCCOC(F)(F)C(F)(F)CCCC. The van der Waals surface area contributed by atoms with Crippen molar-refractivity contribution in [1.82, 2.24) is 0 Å². The molecule has 0 fully saturated rings. The zero-order valence-electron chi connectivity index (χ0n) is 12.0. The van der Waals surface area contributed by atoms with Gasteiger partial charge in [-0.2, -0.15) is 17.6 Å². The van der Waals surface area contributed by atoms with Gasteiger partial charge in [-0.05, 0) is 12.8 Å². The average Bonchev–Trinajstić information content (AvgIpc) is 2.35. The molecule has 1 nitrogen and oxygen atoms in total. The smallest absolute Gasteiger partial charge is 0.316 e. The van der Waals surface area contributed by atoms with Crippen LogP contribution >= 0.6 is 0 Å². The average molecular weight is 286 g/mol. The van der Waals surface area contributed by atoms with Crippen LogP contribution in [0.1, 0.15) is 71.6 Å². The summed E-state index contributed by atoms with van der Waals surface area (Å²) in [6, 6.07) is 0. The maximum Gasteiger partial charge on any atom is 0.419 e. The van der Waals surface area contributed by atoms with E-state index < -0.39 is 18.5 Å². The van der Waals surface area contributed by atoms with Crippen LogP contribution in [0.5, 0.6) is 0 Å². The van der Waals surface area contributed by atoms with Crippen LogP contribution in [-0.2, 0) is 4.74 Å². The van der Waals surface area contributed by atoms with E-state index in [0.29, 0.717) is 12.8 Å². The van der Waals surface area contributed by atoms with Gasteiger partial charge in [0.2, 0.25) is 0 Å². The fourth-order valence-corrected chi connectivity index (χ4v) is 1.73. The number of hydrogen-bond acceptors (Lipinski definition) is 1. The summed E-state index contributed by atoms with van der Waals surface area (Å²) >= 11 is 0. The van der Waals surface area contributed by atoms with Crippen molar-refractivity contribution in [2.75, 3.05) is 6.61 Å². The highest BCUT2D eigenvalue weighted by Gasteiger charge is 2.56. The highest BCUT2D eigenvalue weighted by atomic mass is 19.3. The van der Waals surface area contributed by atoms with Gasteiger partial charge in [-0.3, -0.25) is 0 Å². The molecule has 0 atom stereocenters. The molecule has 0 aromatic carbocycles. The third-order valence-electron chi connectivity index (χ3n) is 3.05. The first-order valence-corrected chi connectivity index (χ1v) is 7.27. The van der Waals surface area contributed by atoms with Gasteiger partial charge in [0.05, 0.1) is 6.61 Å². The second-order valence-electron chi connectivity index (χ2n) is 4.94. The Kier molecular flexibility index (Phi) is 9.40. The van der Waals surface area contributed by atoms with Crippen molar-refractivity contribution in [3.05, 3.63) is 0 Å². The first-order chi connectivity index (χ1) is 8.87. The van der Waals surface area contributed by atoms with Gasteiger partial charge in [-0.1, -0.05) is 52.4 Å².